The summed E-state index contributed by atoms with van der Waals surface area (Å²) in [6.45, 7) is 14.6. The molecule has 0 aliphatic heterocycles. The van der Waals surface area contributed by atoms with Crippen LogP contribution < -0.4 is 0 Å². The van der Waals surface area contributed by atoms with E-state index in [1.165, 1.54) is 77.0 Å². The predicted octanol–water partition coefficient (Wildman–Crippen LogP) is 8.50. The third kappa shape index (κ3) is 4.88. The lowest BCUT2D eigenvalue weighted by Crippen LogP contribution is -2.33. The highest BCUT2D eigenvalue weighted by molar-refractivity contribution is 4.92. The fraction of sp³-hybridized carbons (Fsp3) is 1.00. The molecule has 0 amide bonds. The van der Waals surface area contributed by atoms with Gasteiger partial charge in [-0.25, -0.2) is 0 Å². The second-order valence-electron chi connectivity index (χ2n) is 12.6. The van der Waals surface area contributed by atoms with Gasteiger partial charge in [0.05, 0.1) is 0 Å². The van der Waals surface area contributed by atoms with Crippen LogP contribution in [0.15, 0.2) is 0 Å². The highest BCUT2D eigenvalue weighted by Crippen LogP contribution is 2.52. The van der Waals surface area contributed by atoms with Crippen LogP contribution in [-0.4, -0.2) is 0 Å². The van der Waals surface area contributed by atoms with E-state index in [1.807, 2.05) is 0 Å². The number of hydrogen-bond donors (Lipinski definition) is 0. The van der Waals surface area contributed by atoms with E-state index in [-0.39, 0.29) is 0 Å². The molecule has 0 saturated heterocycles. The smallest absolute Gasteiger partial charge is 0.0334 e. The molecule has 0 N–H and O–H groups in total. The Morgan fingerprint density at radius 3 is 1.50 bits per heavy atom. The van der Waals surface area contributed by atoms with Crippen LogP contribution in [0.25, 0.3) is 0 Å². The first-order valence-corrected chi connectivity index (χ1v) is 12.2. The molecule has 0 aromatic rings. The van der Waals surface area contributed by atoms with Gasteiger partial charge >= 0.3 is 0 Å². The summed E-state index contributed by atoms with van der Waals surface area (Å²) >= 11 is 0. The lowest BCUT2D eigenvalue weighted by Gasteiger charge is -2.42. The van der Waals surface area contributed by atoms with Crippen LogP contribution in [0.5, 0.6) is 0 Å². The van der Waals surface area contributed by atoms with Crippen molar-refractivity contribution in [2.24, 2.45) is 46.3 Å². The lowest BCUT2D eigenvalue weighted by atomic mass is 9.63. The van der Waals surface area contributed by atoms with Crippen molar-refractivity contribution in [3.8, 4) is 0 Å². The molecule has 4 fully saturated rings. The number of fused-ring (bicyclic) bond motifs is 2. The van der Waals surface area contributed by atoms with Crippen molar-refractivity contribution in [3.63, 3.8) is 0 Å². The van der Waals surface area contributed by atoms with Gasteiger partial charge in [-0.15, -0.1) is 0 Å². The largest absolute Gasteiger partial charge is 0.0599 e. The van der Waals surface area contributed by atoms with Crippen LogP contribution in [0.1, 0.15) is 119 Å². The van der Waals surface area contributed by atoms with E-state index in [2.05, 4.69) is 41.5 Å². The SMILES string of the molecule is CC(C)(C)C1CC2CCCCC2C1.CC(C)(C)C1CCCC2CCCC21. The summed E-state index contributed by atoms with van der Waals surface area (Å²) in [5.41, 5.74) is 1.13. The molecule has 0 bridgehead atoms. The van der Waals surface area contributed by atoms with Gasteiger partial charge in [-0.1, -0.05) is 92.9 Å². The molecule has 26 heavy (non-hydrogen) atoms. The van der Waals surface area contributed by atoms with Crippen LogP contribution in [0.4, 0.5) is 0 Å². The fourth-order valence-electron chi connectivity index (χ4n) is 7.28. The topological polar surface area (TPSA) is 0 Å². The quantitative estimate of drug-likeness (QED) is 0.406. The monoisotopic (exact) mass is 360 g/mol. The highest BCUT2D eigenvalue weighted by atomic mass is 14.5. The summed E-state index contributed by atoms with van der Waals surface area (Å²) in [6, 6.07) is 0. The van der Waals surface area contributed by atoms with Crippen molar-refractivity contribution in [2.45, 2.75) is 119 Å². The third-order valence-electron chi connectivity index (χ3n) is 8.90. The van der Waals surface area contributed by atoms with Gasteiger partial charge < -0.3 is 0 Å². The molecule has 152 valence electrons. The van der Waals surface area contributed by atoms with Gasteiger partial charge in [-0.2, -0.15) is 0 Å². The number of rotatable bonds is 0. The molecular weight excluding hydrogens is 312 g/mol. The summed E-state index contributed by atoms with van der Waals surface area (Å²) in [7, 11) is 0. The minimum atomic E-state index is 0.563. The molecule has 0 aromatic carbocycles. The molecular formula is C26H48. The first-order chi connectivity index (χ1) is 12.2. The van der Waals surface area contributed by atoms with Crippen LogP contribution in [0.3, 0.4) is 0 Å². The molecule has 0 heterocycles. The summed E-state index contributed by atoms with van der Waals surface area (Å²) in [5, 5.41) is 0. The second-order valence-corrected chi connectivity index (χ2v) is 12.6. The summed E-state index contributed by atoms with van der Waals surface area (Å²) in [4.78, 5) is 0. The summed E-state index contributed by atoms with van der Waals surface area (Å²) in [5.74, 6) is 6.46. The third-order valence-corrected chi connectivity index (χ3v) is 8.90. The Hall–Kier alpha value is 0. The molecule has 0 heteroatoms. The molecule has 5 atom stereocenters. The Morgan fingerprint density at radius 2 is 1.00 bits per heavy atom. The van der Waals surface area contributed by atoms with Gasteiger partial charge in [0, 0.05) is 0 Å². The highest BCUT2D eigenvalue weighted by Gasteiger charge is 2.41. The molecule has 0 aromatic heterocycles. The zero-order valence-electron chi connectivity index (χ0n) is 18.9. The van der Waals surface area contributed by atoms with E-state index < -0.39 is 0 Å². The molecule has 4 aliphatic rings. The van der Waals surface area contributed by atoms with Gasteiger partial charge in [0.25, 0.3) is 0 Å². The molecule has 0 spiro atoms. The van der Waals surface area contributed by atoms with Gasteiger partial charge in [0.1, 0.15) is 0 Å². The van der Waals surface area contributed by atoms with Gasteiger partial charge in [-0.05, 0) is 72.0 Å². The Kier molecular flexibility index (Phi) is 6.51. The minimum Gasteiger partial charge on any atom is -0.0599 e. The zero-order chi connectivity index (χ0) is 18.9. The maximum Gasteiger partial charge on any atom is -0.0334 e. The van der Waals surface area contributed by atoms with E-state index in [9.17, 15) is 0 Å². The number of hydrogen-bond acceptors (Lipinski definition) is 0. The van der Waals surface area contributed by atoms with Crippen LogP contribution in [0.2, 0.25) is 0 Å². The minimum absolute atomic E-state index is 0.563. The van der Waals surface area contributed by atoms with E-state index in [0.29, 0.717) is 10.8 Å². The predicted molar refractivity (Wildman–Crippen MR) is 115 cm³/mol. The second kappa shape index (κ2) is 8.16. The summed E-state index contributed by atoms with van der Waals surface area (Å²) < 4.78 is 0. The van der Waals surface area contributed by atoms with Gasteiger partial charge in [0.2, 0.25) is 0 Å². The first kappa shape index (κ1) is 20.7. The normalized spacial score (nSPS) is 40.4. The van der Waals surface area contributed by atoms with E-state index in [0.717, 1.165) is 35.5 Å². The van der Waals surface area contributed by atoms with Crippen LogP contribution >= 0.6 is 0 Å². The molecule has 5 unspecified atom stereocenters. The van der Waals surface area contributed by atoms with Crippen molar-refractivity contribution in [1.29, 1.82) is 0 Å². The maximum absolute atomic E-state index is 2.44. The zero-order valence-corrected chi connectivity index (χ0v) is 18.9. The molecule has 4 rings (SSSR count). The van der Waals surface area contributed by atoms with E-state index in [4.69, 9.17) is 0 Å². The van der Waals surface area contributed by atoms with Crippen molar-refractivity contribution in [2.75, 3.05) is 0 Å². The standard InChI is InChI=1S/2C13H24/c1-13(2,3)12-9-5-7-10-6-4-8-11(10)12;1-13(2,3)12-8-10-6-4-5-7-11(10)9-12/h2*10-12H,4-9H2,1-3H3. The van der Waals surface area contributed by atoms with Crippen LogP contribution in [0, 0.1) is 46.3 Å². The van der Waals surface area contributed by atoms with E-state index >= 15 is 0 Å². The first-order valence-electron chi connectivity index (χ1n) is 12.2. The van der Waals surface area contributed by atoms with Crippen molar-refractivity contribution in [3.05, 3.63) is 0 Å². The Bertz CT molecular complexity index is 420. The van der Waals surface area contributed by atoms with E-state index in [1.54, 1.807) is 0 Å². The molecule has 0 radical (unpaired) electrons. The lowest BCUT2D eigenvalue weighted by molar-refractivity contribution is 0.0792. The Labute approximate surface area is 165 Å². The van der Waals surface area contributed by atoms with Crippen molar-refractivity contribution in [1.82, 2.24) is 0 Å². The Balaban J connectivity index is 0.000000151. The summed E-state index contributed by atoms with van der Waals surface area (Å²) in [6.07, 6.45) is 18.3. The maximum atomic E-state index is 2.44. The molecule has 0 nitrogen and oxygen atoms in total. The van der Waals surface area contributed by atoms with Gasteiger partial charge in [-0.3, -0.25) is 0 Å². The van der Waals surface area contributed by atoms with Crippen molar-refractivity contribution >= 4 is 0 Å². The fourth-order valence-corrected chi connectivity index (χ4v) is 7.28. The van der Waals surface area contributed by atoms with Crippen molar-refractivity contribution < 1.29 is 0 Å². The average Bonchev–Trinajstić information content (AvgIpc) is 3.20. The van der Waals surface area contributed by atoms with Crippen LogP contribution in [-0.2, 0) is 0 Å². The van der Waals surface area contributed by atoms with Gasteiger partial charge in [0.15, 0.2) is 0 Å². The Morgan fingerprint density at radius 1 is 0.500 bits per heavy atom. The molecule has 4 aliphatic carbocycles. The average molecular weight is 361 g/mol. The molecule has 4 saturated carbocycles.